The van der Waals surface area contributed by atoms with Crippen LogP contribution in [0, 0.1) is 0 Å². The van der Waals surface area contributed by atoms with Gasteiger partial charge in [0.2, 0.25) is 11.8 Å². The van der Waals surface area contributed by atoms with E-state index in [0.717, 1.165) is 30.6 Å². The number of benzene rings is 1. The summed E-state index contributed by atoms with van der Waals surface area (Å²) in [7, 11) is 0. The highest BCUT2D eigenvalue weighted by atomic mass is 32.2. The Labute approximate surface area is 141 Å². The van der Waals surface area contributed by atoms with Gasteiger partial charge in [-0.2, -0.15) is 0 Å². The highest BCUT2D eigenvalue weighted by Crippen LogP contribution is 2.48. The second-order valence-corrected chi connectivity index (χ2v) is 8.45. The lowest BCUT2D eigenvalue weighted by Gasteiger charge is -2.33. The molecular formula is C18H22N2O2S. The zero-order valence-electron chi connectivity index (χ0n) is 13.4. The van der Waals surface area contributed by atoms with Crippen LogP contribution in [0.1, 0.15) is 38.2 Å². The van der Waals surface area contributed by atoms with Gasteiger partial charge in [-0.05, 0) is 31.7 Å². The number of hydrogen-bond acceptors (Lipinski definition) is 3. The van der Waals surface area contributed by atoms with Crippen molar-refractivity contribution in [2.45, 2.75) is 56.1 Å². The number of fused-ring (bicyclic) bond motifs is 1. The van der Waals surface area contributed by atoms with Crippen LogP contribution < -0.4 is 0 Å². The summed E-state index contributed by atoms with van der Waals surface area (Å²) in [5.74, 6) is 1.02. The van der Waals surface area contributed by atoms with Crippen molar-refractivity contribution in [2.24, 2.45) is 0 Å². The molecule has 23 heavy (non-hydrogen) atoms. The fraction of sp³-hybridized carbons (Fsp3) is 0.556. The molecule has 5 heteroatoms. The van der Waals surface area contributed by atoms with Gasteiger partial charge in [-0.15, -0.1) is 11.8 Å². The van der Waals surface area contributed by atoms with E-state index in [1.165, 1.54) is 0 Å². The van der Waals surface area contributed by atoms with Crippen molar-refractivity contribution in [3.63, 3.8) is 0 Å². The molecule has 0 radical (unpaired) electrons. The molecule has 3 aliphatic rings. The first-order chi connectivity index (χ1) is 11.1. The van der Waals surface area contributed by atoms with Gasteiger partial charge in [0.1, 0.15) is 6.04 Å². The number of carbonyl (C=O) groups is 2. The van der Waals surface area contributed by atoms with Crippen molar-refractivity contribution in [1.29, 1.82) is 0 Å². The van der Waals surface area contributed by atoms with Gasteiger partial charge in [0.05, 0.1) is 4.87 Å². The molecule has 2 unspecified atom stereocenters. The Bertz CT molecular complexity index is 631. The summed E-state index contributed by atoms with van der Waals surface area (Å²) in [6, 6.07) is 10.2. The number of thioether (sulfide) groups is 1. The van der Waals surface area contributed by atoms with E-state index in [4.69, 9.17) is 0 Å². The molecule has 3 fully saturated rings. The summed E-state index contributed by atoms with van der Waals surface area (Å²) in [6.45, 7) is 2.76. The summed E-state index contributed by atoms with van der Waals surface area (Å²) < 4.78 is 0. The molecule has 1 aliphatic carbocycles. The monoisotopic (exact) mass is 330 g/mol. The average Bonchev–Trinajstić information content (AvgIpc) is 3.27. The lowest BCUT2D eigenvalue weighted by Crippen LogP contribution is -2.51. The average molecular weight is 330 g/mol. The molecule has 2 heterocycles. The van der Waals surface area contributed by atoms with Crippen LogP contribution >= 0.6 is 11.8 Å². The molecule has 0 bridgehead atoms. The Morgan fingerprint density at radius 3 is 2.78 bits per heavy atom. The van der Waals surface area contributed by atoms with Gasteiger partial charge in [-0.25, -0.2) is 0 Å². The number of amides is 2. The molecule has 1 aromatic rings. The number of rotatable bonds is 4. The maximum atomic E-state index is 13.2. The first-order valence-corrected chi connectivity index (χ1v) is 9.37. The smallest absolute Gasteiger partial charge is 0.246 e. The summed E-state index contributed by atoms with van der Waals surface area (Å²) in [6.07, 6.45) is 3.62. The minimum Gasteiger partial charge on any atom is -0.334 e. The molecule has 0 aromatic heterocycles. The Kier molecular flexibility index (Phi) is 3.63. The van der Waals surface area contributed by atoms with Crippen LogP contribution in [0.5, 0.6) is 0 Å². The molecule has 122 valence electrons. The summed E-state index contributed by atoms with van der Waals surface area (Å²) in [5, 5.41) is 0. The number of carbonyl (C=O) groups excluding carboxylic acids is 2. The molecule has 2 saturated heterocycles. The minimum absolute atomic E-state index is 0.142. The van der Waals surface area contributed by atoms with Crippen molar-refractivity contribution in [2.75, 3.05) is 5.75 Å². The Morgan fingerprint density at radius 1 is 1.35 bits per heavy atom. The lowest BCUT2D eigenvalue weighted by molar-refractivity contribution is -0.144. The second-order valence-electron chi connectivity index (χ2n) is 6.95. The standard InChI is InChI=1S/C18H22N2O2S/c1-18-10-9-16(21)20(18)15(12-23-18)17(22)19(14-7-8-14)11-13-5-3-2-4-6-13/h2-6,14-15H,7-12H2,1H3. The predicted octanol–water partition coefficient (Wildman–Crippen LogP) is 2.63. The Morgan fingerprint density at radius 2 is 2.09 bits per heavy atom. The van der Waals surface area contributed by atoms with Crippen LogP contribution in [0.3, 0.4) is 0 Å². The third-order valence-electron chi connectivity index (χ3n) is 5.20. The molecular weight excluding hydrogens is 308 g/mol. The zero-order valence-corrected chi connectivity index (χ0v) is 14.2. The summed E-state index contributed by atoms with van der Waals surface area (Å²) >= 11 is 1.77. The van der Waals surface area contributed by atoms with E-state index in [2.05, 4.69) is 19.1 Å². The molecule has 2 amide bonds. The van der Waals surface area contributed by atoms with E-state index in [1.807, 2.05) is 28.0 Å². The van der Waals surface area contributed by atoms with Crippen molar-refractivity contribution < 1.29 is 9.59 Å². The van der Waals surface area contributed by atoms with Crippen molar-refractivity contribution in [1.82, 2.24) is 9.80 Å². The van der Waals surface area contributed by atoms with Crippen molar-refractivity contribution in [3.05, 3.63) is 35.9 Å². The highest BCUT2D eigenvalue weighted by Gasteiger charge is 2.54. The largest absolute Gasteiger partial charge is 0.334 e. The Balaban J connectivity index is 1.55. The third kappa shape index (κ3) is 2.65. The van der Waals surface area contributed by atoms with Crippen molar-refractivity contribution in [3.8, 4) is 0 Å². The van der Waals surface area contributed by atoms with Gasteiger partial charge in [0, 0.05) is 24.8 Å². The predicted molar refractivity (Wildman–Crippen MR) is 90.7 cm³/mol. The van der Waals surface area contributed by atoms with Crippen LogP contribution in [0.25, 0.3) is 0 Å². The topological polar surface area (TPSA) is 40.6 Å². The van der Waals surface area contributed by atoms with Gasteiger partial charge in [-0.3, -0.25) is 9.59 Å². The second kappa shape index (κ2) is 5.55. The SMILES string of the molecule is CC12CCC(=O)N1C(C(=O)N(Cc1ccccc1)C1CC1)CS2. The number of hydrogen-bond donors (Lipinski definition) is 0. The summed E-state index contributed by atoms with van der Waals surface area (Å²) in [4.78, 5) is 29.2. The van der Waals surface area contributed by atoms with E-state index >= 15 is 0 Å². The normalized spacial score (nSPS) is 29.7. The third-order valence-corrected chi connectivity index (χ3v) is 6.70. The van der Waals surface area contributed by atoms with Crippen LogP contribution in [-0.4, -0.2) is 44.3 Å². The van der Waals surface area contributed by atoms with Gasteiger partial charge in [0.15, 0.2) is 0 Å². The first-order valence-electron chi connectivity index (χ1n) is 8.39. The van der Waals surface area contributed by atoms with Gasteiger partial charge >= 0.3 is 0 Å². The molecule has 4 rings (SSSR count). The molecule has 2 atom stereocenters. The number of nitrogens with zero attached hydrogens (tertiary/aromatic N) is 2. The Hall–Kier alpha value is -1.49. The van der Waals surface area contributed by atoms with E-state index in [-0.39, 0.29) is 22.7 Å². The van der Waals surface area contributed by atoms with Gasteiger partial charge in [0.25, 0.3) is 0 Å². The molecule has 1 saturated carbocycles. The lowest BCUT2D eigenvalue weighted by atomic mass is 10.1. The zero-order chi connectivity index (χ0) is 16.0. The minimum atomic E-state index is -0.274. The molecule has 2 aliphatic heterocycles. The molecule has 0 spiro atoms. The maximum Gasteiger partial charge on any atom is 0.246 e. The molecule has 1 aromatic carbocycles. The highest BCUT2D eigenvalue weighted by molar-refractivity contribution is 8.01. The van der Waals surface area contributed by atoms with E-state index < -0.39 is 0 Å². The van der Waals surface area contributed by atoms with E-state index in [9.17, 15) is 9.59 Å². The van der Waals surface area contributed by atoms with Gasteiger partial charge in [-0.1, -0.05) is 30.3 Å². The van der Waals surface area contributed by atoms with Crippen LogP contribution in [0.15, 0.2) is 30.3 Å². The summed E-state index contributed by atoms with van der Waals surface area (Å²) in [5.41, 5.74) is 1.16. The molecule has 4 nitrogen and oxygen atoms in total. The van der Waals surface area contributed by atoms with Crippen LogP contribution in [0.4, 0.5) is 0 Å². The first kappa shape index (κ1) is 15.1. The maximum absolute atomic E-state index is 13.2. The fourth-order valence-electron chi connectivity index (χ4n) is 3.75. The fourth-order valence-corrected chi connectivity index (χ4v) is 5.17. The van der Waals surface area contributed by atoms with Crippen molar-refractivity contribution >= 4 is 23.6 Å². The van der Waals surface area contributed by atoms with E-state index in [1.54, 1.807) is 11.8 Å². The van der Waals surface area contributed by atoms with Crippen LogP contribution in [-0.2, 0) is 16.1 Å². The molecule has 0 N–H and O–H groups in total. The van der Waals surface area contributed by atoms with Crippen LogP contribution in [0.2, 0.25) is 0 Å². The van der Waals surface area contributed by atoms with Gasteiger partial charge < -0.3 is 9.80 Å². The van der Waals surface area contributed by atoms with E-state index in [0.29, 0.717) is 19.0 Å². The quantitative estimate of drug-likeness (QED) is 0.852.